The Morgan fingerprint density at radius 3 is 2.76 bits per heavy atom. The second-order valence-corrected chi connectivity index (χ2v) is 5.46. The maximum absolute atomic E-state index is 12.1. The lowest BCUT2D eigenvalue weighted by Gasteiger charge is -2.33. The first-order valence-corrected chi connectivity index (χ1v) is 6.88. The lowest BCUT2D eigenvalue weighted by molar-refractivity contribution is -0.384. The number of nitrogens with zero attached hydrogens (tertiary/aromatic N) is 3. The summed E-state index contributed by atoms with van der Waals surface area (Å²) in [6.45, 7) is 4.17. The van der Waals surface area contributed by atoms with Crippen LogP contribution in [0.3, 0.4) is 0 Å². The van der Waals surface area contributed by atoms with Crippen molar-refractivity contribution in [3.8, 4) is 0 Å². The number of rotatable bonds is 3. The van der Waals surface area contributed by atoms with Crippen LogP contribution in [0.5, 0.6) is 0 Å². The van der Waals surface area contributed by atoms with Crippen LogP contribution in [0.15, 0.2) is 18.2 Å². The number of carbonyl (C=O) groups excluding carboxylic acids is 1. The summed E-state index contributed by atoms with van der Waals surface area (Å²) in [6.07, 6.45) is 0. The average Bonchev–Trinajstić information content (AvgIpc) is 2.45. The fraction of sp³-hybridized carbons (Fsp3) is 0.500. The Morgan fingerprint density at radius 2 is 2.19 bits per heavy atom. The zero-order chi connectivity index (χ0) is 15.6. The summed E-state index contributed by atoms with van der Waals surface area (Å²) in [7, 11) is 3.33. The molecule has 0 unspecified atom stereocenters. The topological polar surface area (TPSA) is 78.7 Å². The van der Waals surface area contributed by atoms with Gasteiger partial charge >= 0.3 is 0 Å². The summed E-state index contributed by atoms with van der Waals surface area (Å²) in [4.78, 5) is 26.3. The van der Waals surface area contributed by atoms with E-state index in [1.165, 1.54) is 17.0 Å². The van der Waals surface area contributed by atoms with E-state index in [1.807, 2.05) is 11.8 Å². The molecular formula is C14H20N4O3. The molecule has 7 heteroatoms. The van der Waals surface area contributed by atoms with Crippen LogP contribution < -0.4 is 10.2 Å². The molecule has 0 aromatic heterocycles. The summed E-state index contributed by atoms with van der Waals surface area (Å²) < 4.78 is 0. The van der Waals surface area contributed by atoms with Gasteiger partial charge in [0.05, 0.1) is 4.92 Å². The Bertz CT molecular complexity index is 559. The fourth-order valence-electron chi connectivity index (χ4n) is 2.47. The Morgan fingerprint density at radius 1 is 1.48 bits per heavy atom. The van der Waals surface area contributed by atoms with Crippen LogP contribution in [0.4, 0.5) is 11.4 Å². The van der Waals surface area contributed by atoms with E-state index in [4.69, 9.17) is 0 Å². The molecule has 7 nitrogen and oxygen atoms in total. The zero-order valence-corrected chi connectivity index (χ0v) is 12.5. The summed E-state index contributed by atoms with van der Waals surface area (Å²) in [5, 5.41) is 14.5. The average molecular weight is 292 g/mol. The molecule has 0 aliphatic carbocycles. The third-order valence-corrected chi connectivity index (χ3v) is 3.53. The molecule has 1 aliphatic rings. The molecule has 1 aliphatic heterocycles. The van der Waals surface area contributed by atoms with Crippen molar-refractivity contribution in [2.24, 2.45) is 0 Å². The molecule has 0 saturated carbocycles. The molecule has 1 N–H and O–H groups in total. The van der Waals surface area contributed by atoms with Crippen LogP contribution in [0.25, 0.3) is 0 Å². The number of piperazine rings is 1. The highest BCUT2D eigenvalue weighted by molar-refractivity contribution is 5.95. The van der Waals surface area contributed by atoms with Crippen molar-refractivity contribution < 1.29 is 9.72 Å². The van der Waals surface area contributed by atoms with Gasteiger partial charge in [0.2, 0.25) is 0 Å². The second-order valence-electron chi connectivity index (χ2n) is 5.46. The predicted molar refractivity (Wildman–Crippen MR) is 80.8 cm³/mol. The van der Waals surface area contributed by atoms with Crippen LogP contribution >= 0.6 is 0 Å². The van der Waals surface area contributed by atoms with E-state index in [-0.39, 0.29) is 17.6 Å². The minimum atomic E-state index is -0.397. The van der Waals surface area contributed by atoms with E-state index < -0.39 is 4.92 Å². The maximum atomic E-state index is 12.1. The van der Waals surface area contributed by atoms with E-state index in [9.17, 15) is 14.9 Å². The van der Waals surface area contributed by atoms with Gasteiger partial charge in [-0.05, 0) is 19.1 Å². The van der Waals surface area contributed by atoms with Crippen LogP contribution in [0, 0.1) is 10.1 Å². The van der Waals surface area contributed by atoms with Gasteiger partial charge < -0.3 is 15.1 Å². The van der Waals surface area contributed by atoms with Crippen LogP contribution in [0.1, 0.15) is 17.3 Å². The molecule has 1 atom stereocenters. The van der Waals surface area contributed by atoms with Gasteiger partial charge in [0, 0.05) is 51.4 Å². The Hall–Kier alpha value is -2.15. The van der Waals surface area contributed by atoms with Crippen molar-refractivity contribution in [2.75, 3.05) is 38.6 Å². The molecule has 0 radical (unpaired) electrons. The molecule has 1 amide bonds. The fourth-order valence-corrected chi connectivity index (χ4v) is 2.47. The van der Waals surface area contributed by atoms with E-state index in [2.05, 4.69) is 5.32 Å². The van der Waals surface area contributed by atoms with E-state index in [1.54, 1.807) is 20.2 Å². The van der Waals surface area contributed by atoms with Crippen LogP contribution in [-0.4, -0.2) is 55.5 Å². The van der Waals surface area contributed by atoms with Gasteiger partial charge in [-0.25, -0.2) is 0 Å². The normalized spacial score (nSPS) is 18.4. The van der Waals surface area contributed by atoms with Gasteiger partial charge in [-0.15, -0.1) is 0 Å². The third-order valence-electron chi connectivity index (χ3n) is 3.53. The summed E-state index contributed by atoms with van der Waals surface area (Å²) in [5.41, 5.74) is 1.02. The van der Waals surface area contributed by atoms with E-state index in [0.29, 0.717) is 24.3 Å². The van der Waals surface area contributed by atoms with Gasteiger partial charge in [-0.3, -0.25) is 14.9 Å². The lowest BCUT2D eigenvalue weighted by atomic mass is 10.1. The lowest BCUT2D eigenvalue weighted by Crippen LogP contribution is -2.49. The van der Waals surface area contributed by atoms with Gasteiger partial charge in [-0.2, -0.15) is 0 Å². The molecular weight excluding hydrogens is 272 g/mol. The van der Waals surface area contributed by atoms with Crippen LogP contribution in [-0.2, 0) is 0 Å². The molecule has 1 heterocycles. The van der Waals surface area contributed by atoms with Crippen molar-refractivity contribution >= 4 is 17.3 Å². The number of nitrogens with one attached hydrogen (secondary N) is 1. The van der Waals surface area contributed by atoms with Crippen molar-refractivity contribution in [2.45, 2.75) is 13.0 Å². The molecule has 1 aromatic carbocycles. The first-order valence-electron chi connectivity index (χ1n) is 6.88. The van der Waals surface area contributed by atoms with Crippen LogP contribution in [0.2, 0.25) is 0 Å². The standard InChI is InChI=1S/C14H20N4O3/c1-10-9-17(7-6-15-10)13-8-11(14(19)16(2)3)4-5-12(13)18(20)21/h4-5,8,10,15H,6-7,9H2,1-3H3/t10-/m1/s1. The number of amides is 1. The number of anilines is 1. The van der Waals surface area contributed by atoms with Gasteiger partial charge in [0.25, 0.3) is 11.6 Å². The number of hydrogen-bond donors (Lipinski definition) is 1. The zero-order valence-electron chi connectivity index (χ0n) is 12.5. The molecule has 1 aromatic rings. The highest BCUT2D eigenvalue weighted by Crippen LogP contribution is 2.30. The third kappa shape index (κ3) is 3.30. The van der Waals surface area contributed by atoms with Crippen molar-refractivity contribution in [1.82, 2.24) is 10.2 Å². The molecule has 114 valence electrons. The molecule has 2 rings (SSSR count). The minimum absolute atomic E-state index is 0.0411. The molecule has 1 fully saturated rings. The Labute approximate surface area is 123 Å². The summed E-state index contributed by atoms with van der Waals surface area (Å²) in [6, 6.07) is 4.80. The minimum Gasteiger partial charge on any atom is -0.363 e. The van der Waals surface area contributed by atoms with Crippen molar-refractivity contribution in [3.63, 3.8) is 0 Å². The Balaban J connectivity index is 2.42. The van der Waals surface area contributed by atoms with Gasteiger partial charge in [0.15, 0.2) is 0 Å². The van der Waals surface area contributed by atoms with Gasteiger partial charge in [0.1, 0.15) is 5.69 Å². The molecule has 21 heavy (non-hydrogen) atoms. The number of nitro groups is 1. The molecule has 0 bridgehead atoms. The highest BCUT2D eigenvalue weighted by Gasteiger charge is 2.25. The molecule has 0 spiro atoms. The SMILES string of the molecule is C[C@@H]1CN(c2cc(C(=O)N(C)C)ccc2[N+](=O)[O-])CCN1. The number of benzene rings is 1. The van der Waals surface area contributed by atoms with E-state index in [0.717, 1.165) is 6.54 Å². The van der Waals surface area contributed by atoms with Crippen molar-refractivity contribution in [1.29, 1.82) is 0 Å². The smallest absolute Gasteiger partial charge is 0.292 e. The number of carbonyl (C=O) groups is 1. The van der Waals surface area contributed by atoms with E-state index >= 15 is 0 Å². The summed E-state index contributed by atoms with van der Waals surface area (Å²) >= 11 is 0. The molecule has 1 saturated heterocycles. The Kier molecular flexibility index (Phi) is 4.42. The first kappa shape index (κ1) is 15.2. The highest BCUT2D eigenvalue weighted by atomic mass is 16.6. The predicted octanol–water partition coefficient (Wildman–Crippen LogP) is 1.09. The van der Waals surface area contributed by atoms with Gasteiger partial charge in [-0.1, -0.05) is 0 Å². The maximum Gasteiger partial charge on any atom is 0.292 e. The first-order chi connectivity index (χ1) is 9.90. The quantitative estimate of drug-likeness (QED) is 0.666. The summed E-state index contributed by atoms with van der Waals surface area (Å²) in [5.74, 6) is -0.158. The second kappa shape index (κ2) is 6.09. The number of hydrogen-bond acceptors (Lipinski definition) is 5. The largest absolute Gasteiger partial charge is 0.363 e. The monoisotopic (exact) mass is 292 g/mol. The number of nitro benzene ring substituents is 1. The van der Waals surface area contributed by atoms with Crippen molar-refractivity contribution in [3.05, 3.63) is 33.9 Å².